The fourth-order valence-electron chi connectivity index (χ4n) is 1.80. The van der Waals surface area contributed by atoms with Crippen LogP contribution in [-0.2, 0) is 0 Å². The molecule has 4 heteroatoms. The molecule has 18 heavy (non-hydrogen) atoms. The summed E-state index contributed by atoms with van der Waals surface area (Å²) in [4.78, 5) is 1.25. The maximum absolute atomic E-state index is 9.28. The smallest absolute Gasteiger partial charge is 0.118 e. The summed E-state index contributed by atoms with van der Waals surface area (Å²) in [5.74, 6) is 1.92. The molecule has 1 aliphatic rings. The fraction of sp³-hybridized carbons (Fsp3) is 0.571. The summed E-state index contributed by atoms with van der Waals surface area (Å²) in [5, 5.41) is 12.7. The van der Waals surface area contributed by atoms with Crippen molar-refractivity contribution in [2.75, 3.05) is 19.5 Å². The van der Waals surface area contributed by atoms with Crippen molar-refractivity contribution in [2.24, 2.45) is 0 Å². The normalized spacial score (nSPS) is 16.6. The minimum Gasteiger partial charge on any atom is -0.497 e. The van der Waals surface area contributed by atoms with Gasteiger partial charge in [-0.1, -0.05) is 0 Å². The summed E-state index contributed by atoms with van der Waals surface area (Å²) in [6, 6.07) is 9.02. The Kier molecular flexibility index (Phi) is 5.35. The third-order valence-corrected chi connectivity index (χ3v) is 4.11. The topological polar surface area (TPSA) is 41.5 Å². The van der Waals surface area contributed by atoms with E-state index in [0.29, 0.717) is 6.04 Å². The van der Waals surface area contributed by atoms with Crippen molar-refractivity contribution < 1.29 is 9.84 Å². The van der Waals surface area contributed by atoms with Crippen LogP contribution in [0.4, 0.5) is 0 Å². The molecule has 1 atom stereocenters. The first kappa shape index (κ1) is 13.7. The Morgan fingerprint density at radius 2 is 2.11 bits per heavy atom. The first-order valence-electron chi connectivity index (χ1n) is 6.45. The van der Waals surface area contributed by atoms with E-state index in [1.807, 2.05) is 23.9 Å². The van der Waals surface area contributed by atoms with Crippen LogP contribution in [0.25, 0.3) is 0 Å². The quantitative estimate of drug-likeness (QED) is 0.709. The number of benzene rings is 1. The first-order valence-corrected chi connectivity index (χ1v) is 7.44. The molecule has 1 unspecified atom stereocenters. The zero-order valence-electron chi connectivity index (χ0n) is 10.8. The summed E-state index contributed by atoms with van der Waals surface area (Å²) < 4.78 is 5.13. The van der Waals surface area contributed by atoms with Crippen molar-refractivity contribution in [1.29, 1.82) is 0 Å². The molecule has 0 radical (unpaired) electrons. The van der Waals surface area contributed by atoms with Crippen molar-refractivity contribution in [1.82, 2.24) is 5.32 Å². The van der Waals surface area contributed by atoms with Gasteiger partial charge in [-0.3, -0.25) is 0 Å². The second-order valence-electron chi connectivity index (χ2n) is 4.63. The number of hydrogen-bond acceptors (Lipinski definition) is 4. The van der Waals surface area contributed by atoms with E-state index in [4.69, 9.17) is 4.74 Å². The Bertz CT molecular complexity index is 351. The number of hydrogen-bond donors (Lipinski definition) is 2. The summed E-state index contributed by atoms with van der Waals surface area (Å²) in [7, 11) is 1.68. The molecule has 1 saturated carbocycles. The number of ether oxygens (including phenoxy) is 1. The zero-order valence-corrected chi connectivity index (χ0v) is 11.6. The number of aliphatic hydroxyl groups excluding tert-OH is 1. The molecule has 3 nitrogen and oxygen atoms in total. The molecule has 1 fully saturated rings. The Morgan fingerprint density at radius 1 is 1.39 bits per heavy atom. The summed E-state index contributed by atoms with van der Waals surface area (Å²) in [6.45, 7) is 0.236. The van der Waals surface area contributed by atoms with Gasteiger partial charge in [-0.15, -0.1) is 11.8 Å². The average molecular weight is 267 g/mol. The molecule has 0 heterocycles. The van der Waals surface area contributed by atoms with Gasteiger partial charge < -0.3 is 15.2 Å². The SMILES string of the molecule is COc1ccc(SCCC(CO)NC2CC2)cc1. The molecule has 1 aromatic rings. The van der Waals surface area contributed by atoms with E-state index in [0.717, 1.165) is 17.9 Å². The highest BCUT2D eigenvalue weighted by molar-refractivity contribution is 7.99. The van der Waals surface area contributed by atoms with Gasteiger partial charge >= 0.3 is 0 Å². The summed E-state index contributed by atoms with van der Waals surface area (Å²) in [6.07, 6.45) is 3.54. The number of nitrogens with one attached hydrogen (secondary N) is 1. The van der Waals surface area contributed by atoms with Crippen LogP contribution in [0.3, 0.4) is 0 Å². The van der Waals surface area contributed by atoms with Crippen LogP contribution < -0.4 is 10.1 Å². The maximum atomic E-state index is 9.28. The zero-order chi connectivity index (χ0) is 12.8. The van der Waals surface area contributed by atoms with Crippen molar-refractivity contribution in [2.45, 2.75) is 36.2 Å². The second-order valence-corrected chi connectivity index (χ2v) is 5.80. The van der Waals surface area contributed by atoms with E-state index >= 15 is 0 Å². The van der Waals surface area contributed by atoms with Crippen molar-refractivity contribution in [3.05, 3.63) is 24.3 Å². The molecule has 1 aliphatic carbocycles. The van der Waals surface area contributed by atoms with Crippen LogP contribution in [0.2, 0.25) is 0 Å². The standard InChI is InChI=1S/C14H21NO2S/c1-17-13-4-6-14(7-5-13)18-9-8-12(10-16)15-11-2-3-11/h4-7,11-12,15-16H,2-3,8-10H2,1H3. The number of methoxy groups -OCH3 is 1. The van der Waals surface area contributed by atoms with E-state index in [-0.39, 0.29) is 12.6 Å². The highest BCUT2D eigenvalue weighted by Gasteiger charge is 2.23. The van der Waals surface area contributed by atoms with Gasteiger partial charge in [-0.25, -0.2) is 0 Å². The van der Waals surface area contributed by atoms with Crippen molar-refractivity contribution >= 4 is 11.8 Å². The number of aliphatic hydroxyl groups is 1. The molecular formula is C14H21NO2S. The lowest BCUT2D eigenvalue weighted by atomic mass is 10.2. The van der Waals surface area contributed by atoms with Gasteiger partial charge in [0.25, 0.3) is 0 Å². The van der Waals surface area contributed by atoms with E-state index in [2.05, 4.69) is 17.4 Å². The minimum absolute atomic E-state index is 0.236. The highest BCUT2D eigenvalue weighted by Crippen LogP contribution is 2.23. The molecule has 0 aliphatic heterocycles. The molecule has 2 N–H and O–H groups in total. The Hall–Kier alpha value is -0.710. The third-order valence-electron chi connectivity index (χ3n) is 3.06. The van der Waals surface area contributed by atoms with E-state index in [9.17, 15) is 5.11 Å². The van der Waals surface area contributed by atoms with E-state index in [1.54, 1.807) is 7.11 Å². The highest BCUT2D eigenvalue weighted by atomic mass is 32.2. The van der Waals surface area contributed by atoms with Crippen LogP contribution in [0.5, 0.6) is 5.75 Å². The van der Waals surface area contributed by atoms with Gasteiger partial charge in [0.2, 0.25) is 0 Å². The van der Waals surface area contributed by atoms with E-state index < -0.39 is 0 Å². The molecule has 0 aromatic heterocycles. The molecule has 1 aromatic carbocycles. The monoisotopic (exact) mass is 267 g/mol. The Balaban J connectivity index is 1.69. The van der Waals surface area contributed by atoms with Gasteiger partial charge in [-0.05, 0) is 49.3 Å². The van der Waals surface area contributed by atoms with Crippen LogP contribution in [0.15, 0.2) is 29.2 Å². The van der Waals surface area contributed by atoms with Crippen LogP contribution in [0.1, 0.15) is 19.3 Å². The van der Waals surface area contributed by atoms with Crippen molar-refractivity contribution in [3.8, 4) is 5.75 Å². The van der Waals surface area contributed by atoms with Gasteiger partial charge in [0.15, 0.2) is 0 Å². The number of rotatable bonds is 8. The van der Waals surface area contributed by atoms with Gasteiger partial charge in [0, 0.05) is 17.0 Å². The first-order chi connectivity index (χ1) is 8.81. The Morgan fingerprint density at radius 3 is 2.67 bits per heavy atom. The molecule has 100 valence electrons. The van der Waals surface area contributed by atoms with Gasteiger partial charge in [-0.2, -0.15) is 0 Å². The molecule has 0 bridgehead atoms. The summed E-state index contributed by atoms with van der Waals surface area (Å²) in [5.41, 5.74) is 0. The molecule has 0 amide bonds. The van der Waals surface area contributed by atoms with Crippen LogP contribution in [0, 0.1) is 0 Å². The minimum atomic E-state index is 0.236. The lowest BCUT2D eigenvalue weighted by Crippen LogP contribution is -2.34. The van der Waals surface area contributed by atoms with Gasteiger partial charge in [0.05, 0.1) is 13.7 Å². The number of thioether (sulfide) groups is 1. The predicted molar refractivity (Wildman–Crippen MR) is 75.4 cm³/mol. The maximum Gasteiger partial charge on any atom is 0.118 e. The lowest BCUT2D eigenvalue weighted by molar-refractivity contribution is 0.239. The fourth-order valence-corrected chi connectivity index (χ4v) is 2.77. The van der Waals surface area contributed by atoms with E-state index in [1.165, 1.54) is 17.7 Å². The molecule has 2 rings (SSSR count). The third kappa shape index (κ3) is 4.52. The van der Waals surface area contributed by atoms with Gasteiger partial charge in [0.1, 0.15) is 5.75 Å². The van der Waals surface area contributed by atoms with Crippen LogP contribution in [-0.4, -0.2) is 36.7 Å². The Labute approximate surface area is 113 Å². The van der Waals surface area contributed by atoms with Crippen LogP contribution >= 0.6 is 11.8 Å². The lowest BCUT2D eigenvalue weighted by Gasteiger charge is -2.15. The summed E-state index contributed by atoms with van der Waals surface area (Å²) >= 11 is 1.82. The largest absolute Gasteiger partial charge is 0.497 e. The second kappa shape index (κ2) is 7.02. The molecule has 0 saturated heterocycles. The average Bonchev–Trinajstić information content (AvgIpc) is 3.22. The molecular weight excluding hydrogens is 246 g/mol. The molecule has 0 spiro atoms. The van der Waals surface area contributed by atoms with Crippen molar-refractivity contribution in [3.63, 3.8) is 0 Å². The predicted octanol–water partition coefficient (Wildman–Crippen LogP) is 2.29.